The van der Waals surface area contributed by atoms with Gasteiger partial charge in [0, 0.05) is 22.6 Å². The van der Waals surface area contributed by atoms with Gasteiger partial charge in [-0.15, -0.1) is 0 Å². The SMILES string of the molecule is O=C(O)CC(NC(=O)OCC1c2ccccc2-c2ccccc21)C(=O)N1CCc2cc(Br)ccc21. The van der Waals surface area contributed by atoms with Crippen LogP contribution in [-0.4, -0.2) is 42.3 Å². The van der Waals surface area contributed by atoms with E-state index in [0.717, 1.165) is 38.0 Å². The third-order valence-corrected chi connectivity index (χ3v) is 7.01. The van der Waals surface area contributed by atoms with Gasteiger partial charge in [-0.05, 0) is 52.4 Å². The molecule has 1 heterocycles. The van der Waals surface area contributed by atoms with Crippen LogP contribution in [0.25, 0.3) is 11.1 Å². The number of carboxylic acid groups (broad SMARTS) is 1. The molecule has 1 unspecified atom stereocenters. The normalized spacial score (nSPS) is 14.6. The van der Waals surface area contributed by atoms with E-state index in [0.29, 0.717) is 13.0 Å². The van der Waals surface area contributed by atoms with Gasteiger partial charge >= 0.3 is 12.1 Å². The number of alkyl carbamates (subject to hydrolysis) is 1. The van der Waals surface area contributed by atoms with Gasteiger partial charge in [-0.25, -0.2) is 4.79 Å². The van der Waals surface area contributed by atoms with Crippen molar-refractivity contribution in [3.8, 4) is 11.1 Å². The number of ether oxygens (including phenoxy) is 1. The van der Waals surface area contributed by atoms with Crippen LogP contribution >= 0.6 is 15.9 Å². The summed E-state index contributed by atoms with van der Waals surface area (Å²) in [6.45, 7) is 0.502. The van der Waals surface area contributed by atoms with Crippen LogP contribution in [0.2, 0.25) is 0 Å². The number of amides is 2. The highest BCUT2D eigenvalue weighted by atomic mass is 79.9. The molecule has 2 N–H and O–H groups in total. The second kappa shape index (κ2) is 9.54. The summed E-state index contributed by atoms with van der Waals surface area (Å²) in [6, 6.07) is 20.3. The Bertz CT molecular complexity index is 1280. The van der Waals surface area contributed by atoms with Gasteiger partial charge in [0.1, 0.15) is 12.6 Å². The van der Waals surface area contributed by atoms with Crippen molar-refractivity contribution in [3.63, 3.8) is 0 Å². The van der Waals surface area contributed by atoms with Crippen LogP contribution in [0.15, 0.2) is 71.2 Å². The fraction of sp³-hybridized carbons (Fsp3) is 0.222. The molecule has 1 atom stereocenters. The zero-order valence-corrected chi connectivity index (χ0v) is 20.3. The van der Waals surface area contributed by atoms with Gasteiger partial charge in [-0.2, -0.15) is 0 Å². The zero-order chi connectivity index (χ0) is 24.5. The van der Waals surface area contributed by atoms with Crippen molar-refractivity contribution in [3.05, 3.63) is 87.9 Å². The Morgan fingerprint density at radius 2 is 1.69 bits per heavy atom. The number of anilines is 1. The standard InChI is InChI=1S/C27H23BrN2O5/c28-17-9-10-24-16(13-17)11-12-30(24)26(33)23(14-25(31)32)29-27(34)35-15-22-20-7-3-1-5-18(20)19-6-2-4-8-21(19)22/h1-10,13,22-23H,11-12,14-15H2,(H,29,34)(H,31,32). The minimum absolute atomic E-state index is 0.0778. The van der Waals surface area contributed by atoms with E-state index in [9.17, 15) is 19.5 Å². The van der Waals surface area contributed by atoms with Crippen molar-refractivity contribution < 1.29 is 24.2 Å². The number of aliphatic carboxylic acids is 1. The summed E-state index contributed by atoms with van der Waals surface area (Å²) >= 11 is 3.43. The molecule has 0 saturated heterocycles. The third kappa shape index (κ3) is 4.53. The predicted molar refractivity (Wildman–Crippen MR) is 134 cm³/mol. The van der Waals surface area contributed by atoms with Gasteiger partial charge in [-0.1, -0.05) is 64.5 Å². The highest BCUT2D eigenvalue weighted by molar-refractivity contribution is 9.10. The first-order valence-corrected chi connectivity index (χ1v) is 12.1. The minimum atomic E-state index is -1.24. The first kappa shape index (κ1) is 23.1. The zero-order valence-electron chi connectivity index (χ0n) is 18.7. The van der Waals surface area contributed by atoms with Crippen molar-refractivity contribution in [1.82, 2.24) is 5.32 Å². The van der Waals surface area contributed by atoms with E-state index in [-0.39, 0.29) is 12.5 Å². The van der Waals surface area contributed by atoms with E-state index in [2.05, 4.69) is 21.2 Å². The van der Waals surface area contributed by atoms with Crippen LogP contribution < -0.4 is 10.2 Å². The molecular weight excluding hydrogens is 512 g/mol. The molecule has 7 nitrogen and oxygen atoms in total. The maximum atomic E-state index is 13.2. The lowest BCUT2D eigenvalue weighted by molar-refractivity contribution is -0.139. The summed E-state index contributed by atoms with van der Waals surface area (Å²) in [5.41, 5.74) is 6.07. The molecule has 178 valence electrons. The molecule has 1 aliphatic carbocycles. The molecule has 3 aromatic rings. The molecule has 0 bridgehead atoms. The van der Waals surface area contributed by atoms with Crippen LogP contribution in [0.4, 0.5) is 10.5 Å². The quantitative estimate of drug-likeness (QED) is 0.477. The van der Waals surface area contributed by atoms with Crippen molar-refractivity contribution in [2.75, 3.05) is 18.1 Å². The Morgan fingerprint density at radius 1 is 1.03 bits per heavy atom. The van der Waals surface area contributed by atoms with Gasteiger partial charge in [0.15, 0.2) is 0 Å². The van der Waals surface area contributed by atoms with Crippen LogP contribution in [0.1, 0.15) is 29.0 Å². The van der Waals surface area contributed by atoms with Crippen LogP contribution in [0.3, 0.4) is 0 Å². The molecule has 8 heteroatoms. The number of nitrogens with one attached hydrogen (secondary N) is 1. The summed E-state index contributed by atoms with van der Waals surface area (Å²) < 4.78 is 6.44. The van der Waals surface area contributed by atoms with Crippen LogP contribution in [0, 0.1) is 0 Å². The number of hydrogen-bond acceptors (Lipinski definition) is 4. The second-order valence-electron chi connectivity index (χ2n) is 8.63. The molecule has 0 aromatic heterocycles. The number of carbonyl (C=O) groups is 3. The van der Waals surface area contributed by atoms with Crippen molar-refractivity contribution in [2.45, 2.75) is 24.8 Å². The van der Waals surface area contributed by atoms with Gasteiger partial charge in [0.25, 0.3) is 0 Å². The molecular formula is C27H23BrN2O5. The number of fused-ring (bicyclic) bond motifs is 4. The van der Waals surface area contributed by atoms with Crippen molar-refractivity contribution in [1.29, 1.82) is 0 Å². The summed E-state index contributed by atoms with van der Waals surface area (Å²) in [5, 5.41) is 11.9. The fourth-order valence-electron chi connectivity index (χ4n) is 4.94. The Balaban J connectivity index is 1.29. The van der Waals surface area contributed by atoms with Crippen molar-refractivity contribution in [2.24, 2.45) is 0 Å². The summed E-state index contributed by atoms with van der Waals surface area (Å²) in [7, 11) is 0. The topological polar surface area (TPSA) is 95.9 Å². The number of rotatable bonds is 6. The molecule has 2 aliphatic rings. The van der Waals surface area contributed by atoms with Crippen LogP contribution in [0.5, 0.6) is 0 Å². The van der Waals surface area contributed by atoms with E-state index >= 15 is 0 Å². The maximum Gasteiger partial charge on any atom is 0.407 e. The second-order valence-corrected chi connectivity index (χ2v) is 9.55. The van der Waals surface area contributed by atoms with E-state index < -0.39 is 30.4 Å². The Hall–Kier alpha value is -3.65. The highest BCUT2D eigenvalue weighted by Gasteiger charge is 2.34. The molecule has 3 aromatic carbocycles. The predicted octanol–water partition coefficient (Wildman–Crippen LogP) is 4.72. The Labute approximate surface area is 210 Å². The largest absolute Gasteiger partial charge is 0.481 e. The lowest BCUT2D eigenvalue weighted by atomic mass is 9.98. The molecule has 1 aliphatic heterocycles. The first-order chi connectivity index (χ1) is 16.9. The van der Waals surface area contributed by atoms with Gasteiger partial charge < -0.3 is 20.1 Å². The Kier molecular flexibility index (Phi) is 6.30. The molecule has 35 heavy (non-hydrogen) atoms. The minimum Gasteiger partial charge on any atom is -0.481 e. The highest BCUT2D eigenvalue weighted by Crippen LogP contribution is 2.44. The number of hydrogen-bond donors (Lipinski definition) is 2. The molecule has 0 spiro atoms. The first-order valence-electron chi connectivity index (χ1n) is 11.4. The fourth-order valence-corrected chi connectivity index (χ4v) is 5.35. The number of carbonyl (C=O) groups excluding carboxylic acids is 2. The van der Waals surface area contributed by atoms with Crippen molar-refractivity contribution >= 4 is 39.6 Å². The van der Waals surface area contributed by atoms with Gasteiger partial charge in [0.05, 0.1) is 6.42 Å². The monoisotopic (exact) mass is 534 g/mol. The summed E-state index contributed by atoms with van der Waals surface area (Å²) in [4.78, 5) is 39.0. The number of benzene rings is 3. The molecule has 2 amide bonds. The third-order valence-electron chi connectivity index (χ3n) is 6.52. The summed E-state index contributed by atoms with van der Waals surface area (Å²) in [6.07, 6.45) is -0.696. The number of nitrogens with zero attached hydrogens (tertiary/aromatic N) is 1. The molecule has 0 fully saturated rings. The number of halogens is 1. The number of carboxylic acids is 1. The smallest absolute Gasteiger partial charge is 0.407 e. The lowest BCUT2D eigenvalue weighted by Crippen LogP contribution is -2.49. The van der Waals surface area contributed by atoms with Crippen LogP contribution in [-0.2, 0) is 20.7 Å². The van der Waals surface area contributed by atoms with E-state index in [1.165, 1.54) is 4.90 Å². The average Bonchev–Trinajstić information content (AvgIpc) is 3.40. The van der Waals surface area contributed by atoms with E-state index in [4.69, 9.17) is 4.74 Å². The molecule has 0 saturated carbocycles. The Morgan fingerprint density at radius 3 is 2.34 bits per heavy atom. The van der Waals surface area contributed by atoms with Gasteiger partial charge in [0.2, 0.25) is 5.91 Å². The van der Waals surface area contributed by atoms with Gasteiger partial charge in [-0.3, -0.25) is 9.59 Å². The lowest BCUT2D eigenvalue weighted by Gasteiger charge is -2.24. The molecule has 5 rings (SSSR count). The average molecular weight is 535 g/mol. The summed E-state index contributed by atoms with van der Waals surface area (Å²) in [5.74, 6) is -1.79. The molecule has 0 radical (unpaired) electrons. The van der Waals surface area contributed by atoms with E-state index in [1.807, 2.05) is 66.7 Å². The maximum absolute atomic E-state index is 13.2. The van der Waals surface area contributed by atoms with E-state index in [1.54, 1.807) is 0 Å².